The highest BCUT2D eigenvalue weighted by Gasteiger charge is 2.07. The lowest BCUT2D eigenvalue weighted by atomic mass is 10.2. The Bertz CT molecular complexity index is 1170. The lowest BCUT2D eigenvalue weighted by Crippen LogP contribution is -3.00. The van der Waals surface area contributed by atoms with Gasteiger partial charge in [0.05, 0.1) is 11.0 Å². The molecule has 0 fully saturated rings. The molecule has 3 aromatic carbocycles. The van der Waals surface area contributed by atoms with E-state index in [0.29, 0.717) is 23.9 Å². The summed E-state index contributed by atoms with van der Waals surface area (Å²) in [6, 6.07) is 17.2. The summed E-state index contributed by atoms with van der Waals surface area (Å²) in [5, 5.41) is 3.92. The number of aromatic amines is 2. The number of aromatic nitrogens is 2. The van der Waals surface area contributed by atoms with E-state index in [2.05, 4.69) is 15.3 Å². The minimum atomic E-state index is -0.277. The van der Waals surface area contributed by atoms with Gasteiger partial charge in [0.1, 0.15) is 18.2 Å². The molecule has 4 rings (SSSR count). The van der Waals surface area contributed by atoms with Crippen LogP contribution in [0.15, 0.2) is 65.5 Å². The first-order valence-electron chi connectivity index (χ1n) is 8.68. The van der Waals surface area contributed by atoms with Gasteiger partial charge in [-0.05, 0) is 54.1 Å². The van der Waals surface area contributed by atoms with Crippen LogP contribution in [0.4, 0.5) is 10.1 Å². The third kappa shape index (κ3) is 5.10. The summed E-state index contributed by atoms with van der Waals surface area (Å²) in [6.07, 6.45) is 0. The van der Waals surface area contributed by atoms with Crippen molar-refractivity contribution in [2.45, 2.75) is 13.2 Å². The second-order valence-corrected chi connectivity index (χ2v) is 6.80. The topological polar surface area (TPSA) is 69.9 Å². The third-order valence-electron chi connectivity index (χ3n) is 4.33. The van der Waals surface area contributed by atoms with Gasteiger partial charge in [-0.25, -0.2) is 9.18 Å². The molecule has 0 saturated carbocycles. The number of ether oxygens (including phenoxy) is 1. The van der Waals surface area contributed by atoms with Crippen molar-refractivity contribution in [3.63, 3.8) is 0 Å². The molecule has 8 heteroatoms. The molecular formula is C21H17Cl2FN3O2-. The summed E-state index contributed by atoms with van der Waals surface area (Å²) in [4.78, 5) is 16.8. The average molecular weight is 433 g/mol. The van der Waals surface area contributed by atoms with Crippen molar-refractivity contribution in [2.24, 2.45) is 0 Å². The van der Waals surface area contributed by atoms with E-state index in [1.807, 2.05) is 30.3 Å². The van der Waals surface area contributed by atoms with Gasteiger partial charge in [0.15, 0.2) is 0 Å². The van der Waals surface area contributed by atoms with Gasteiger partial charge in [0.2, 0.25) is 0 Å². The fourth-order valence-electron chi connectivity index (χ4n) is 2.91. The molecule has 5 nitrogen and oxygen atoms in total. The van der Waals surface area contributed by atoms with E-state index in [1.54, 1.807) is 18.2 Å². The highest BCUT2D eigenvalue weighted by molar-refractivity contribution is 6.30. The van der Waals surface area contributed by atoms with Crippen LogP contribution in [0.2, 0.25) is 5.02 Å². The molecule has 0 saturated heterocycles. The molecule has 0 unspecified atom stereocenters. The van der Waals surface area contributed by atoms with E-state index < -0.39 is 0 Å². The number of H-pyrrole nitrogens is 2. The number of rotatable bonds is 6. The van der Waals surface area contributed by atoms with Gasteiger partial charge >= 0.3 is 5.69 Å². The van der Waals surface area contributed by atoms with Gasteiger partial charge in [0, 0.05) is 22.8 Å². The molecule has 150 valence electrons. The van der Waals surface area contributed by atoms with Crippen molar-refractivity contribution in [3.8, 4) is 5.75 Å². The van der Waals surface area contributed by atoms with Gasteiger partial charge in [-0.2, -0.15) is 0 Å². The predicted molar refractivity (Wildman–Crippen MR) is 108 cm³/mol. The van der Waals surface area contributed by atoms with Crippen LogP contribution in [0.25, 0.3) is 11.0 Å². The molecule has 4 aromatic rings. The maximum absolute atomic E-state index is 13.0. The SMILES string of the molecule is O=c1[nH]c2ccc(NCc3cc(Cl)ccc3OCc3ccc(F)cc3)cc2[nH]1.[Cl-]. The number of imidazole rings is 1. The number of benzene rings is 3. The molecule has 29 heavy (non-hydrogen) atoms. The van der Waals surface area contributed by atoms with Crippen LogP contribution in [0.5, 0.6) is 5.75 Å². The summed E-state index contributed by atoms with van der Waals surface area (Å²) in [5.74, 6) is 0.415. The van der Waals surface area contributed by atoms with Crippen LogP contribution in [0.3, 0.4) is 0 Å². The fourth-order valence-corrected chi connectivity index (χ4v) is 3.10. The van der Waals surface area contributed by atoms with Crippen LogP contribution < -0.4 is 28.2 Å². The molecule has 1 heterocycles. The fraction of sp³-hybridized carbons (Fsp3) is 0.0952. The normalized spacial score (nSPS) is 10.6. The van der Waals surface area contributed by atoms with Crippen LogP contribution in [0.1, 0.15) is 11.1 Å². The van der Waals surface area contributed by atoms with Crippen molar-refractivity contribution < 1.29 is 21.5 Å². The van der Waals surface area contributed by atoms with E-state index in [1.165, 1.54) is 12.1 Å². The number of nitrogens with one attached hydrogen (secondary N) is 3. The maximum Gasteiger partial charge on any atom is 0.323 e. The van der Waals surface area contributed by atoms with E-state index in [4.69, 9.17) is 16.3 Å². The molecular weight excluding hydrogens is 416 g/mol. The van der Waals surface area contributed by atoms with Crippen molar-refractivity contribution in [3.05, 3.63) is 93.1 Å². The minimum Gasteiger partial charge on any atom is -1.00 e. The Hall–Kier alpha value is -2.96. The highest BCUT2D eigenvalue weighted by atomic mass is 35.5. The first-order chi connectivity index (χ1) is 13.6. The van der Waals surface area contributed by atoms with Gasteiger partial charge in [0.25, 0.3) is 0 Å². The Balaban J connectivity index is 0.00000240. The third-order valence-corrected chi connectivity index (χ3v) is 4.56. The van der Waals surface area contributed by atoms with Crippen molar-refractivity contribution in [2.75, 3.05) is 5.32 Å². The molecule has 3 N–H and O–H groups in total. The predicted octanol–water partition coefficient (Wildman–Crippen LogP) is 1.84. The highest BCUT2D eigenvalue weighted by Crippen LogP contribution is 2.25. The van der Waals surface area contributed by atoms with E-state index >= 15 is 0 Å². The maximum atomic E-state index is 13.0. The zero-order valence-corrected chi connectivity index (χ0v) is 16.6. The second kappa shape index (κ2) is 9.03. The number of fused-ring (bicyclic) bond motifs is 1. The van der Waals surface area contributed by atoms with Gasteiger partial charge in [-0.3, -0.25) is 0 Å². The van der Waals surface area contributed by atoms with Crippen molar-refractivity contribution in [1.82, 2.24) is 9.97 Å². The van der Waals surface area contributed by atoms with Crippen LogP contribution >= 0.6 is 11.6 Å². The monoisotopic (exact) mass is 432 g/mol. The lowest BCUT2D eigenvalue weighted by molar-refractivity contribution is -0.00000659. The summed E-state index contributed by atoms with van der Waals surface area (Å²) in [6.45, 7) is 0.810. The summed E-state index contributed by atoms with van der Waals surface area (Å²) in [5.41, 5.74) is 3.86. The van der Waals surface area contributed by atoms with Gasteiger partial charge in [-0.15, -0.1) is 0 Å². The van der Waals surface area contributed by atoms with E-state index in [0.717, 1.165) is 27.8 Å². The summed E-state index contributed by atoms with van der Waals surface area (Å²) in [7, 11) is 0. The van der Waals surface area contributed by atoms with E-state index in [-0.39, 0.29) is 23.9 Å². The Morgan fingerprint density at radius 1 is 0.966 bits per heavy atom. The van der Waals surface area contributed by atoms with Crippen LogP contribution in [0, 0.1) is 5.82 Å². The Labute approximate surface area is 177 Å². The van der Waals surface area contributed by atoms with E-state index in [9.17, 15) is 9.18 Å². The molecule has 0 aliphatic heterocycles. The minimum absolute atomic E-state index is 0. The molecule has 0 radical (unpaired) electrons. The molecule has 0 aliphatic carbocycles. The van der Waals surface area contributed by atoms with Crippen LogP contribution in [-0.2, 0) is 13.2 Å². The lowest BCUT2D eigenvalue weighted by Gasteiger charge is -2.14. The standard InChI is InChI=1S/C21H17ClFN3O2.ClH/c22-15-3-8-20(28-12-13-1-4-16(23)5-2-13)14(9-15)11-24-17-6-7-18-19(10-17)26-21(27)25-18;/h1-10,24H,11-12H2,(H2,25,26,27);1H/p-1. The Kier molecular flexibility index (Phi) is 6.46. The first kappa shape index (κ1) is 20.8. The smallest absolute Gasteiger partial charge is 0.323 e. The molecule has 0 atom stereocenters. The second-order valence-electron chi connectivity index (χ2n) is 6.36. The average Bonchev–Trinajstić information content (AvgIpc) is 3.06. The van der Waals surface area contributed by atoms with Crippen molar-refractivity contribution >= 4 is 28.3 Å². The molecule has 0 spiro atoms. The number of hydrogen-bond acceptors (Lipinski definition) is 3. The summed E-state index contributed by atoms with van der Waals surface area (Å²) < 4.78 is 18.9. The summed E-state index contributed by atoms with van der Waals surface area (Å²) >= 11 is 6.15. The first-order valence-corrected chi connectivity index (χ1v) is 9.06. The number of halogens is 3. The van der Waals surface area contributed by atoms with Gasteiger partial charge < -0.3 is 32.4 Å². The van der Waals surface area contributed by atoms with Gasteiger partial charge in [-0.1, -0.05) is 23.7 Å². The Morgan fingerprint density at radius 3 is 2.52 bits per heavy atom. The molecule has 0 aliphatic rings. The number of hydrogen-bond donors (Lipinski definition) is 3. The largest absolute Gasteiger partial charge is 1.00 e. The molecule has 1 aromatic heterocycles. The number of anilines is 1. The van der Waals surface area contributed by atoms with Crippen molar-refractivity contribution in [1.29, 1.82) is 0 Å². The molecule has 0 bridgehead atoms. The molecule has 0 amide bonds. The Morgan fingerprint density at radius 2 is 1.72 bits per heavy atom. The zero-order chi connectivity index (χ0) is 19.5. The van der Waals surface area contributed by atoms with Crippen LogP contribution in [-0.4, -0.2) is 9.97 Å². The quantitative estimate of drug-likeness (QED) is 0.435. The zero-order valence-electron chi connectivity index (χ0n) is 15.1.